The van der Waals surface area contributed by atoms with Crippen molar-refractivity contribution < 1.29 is 9.53 Å². The van der Waals surface area contributed by atoms with Gasteiger partial charge in [-0.2, -0.15) is 0 Å². The predicted molar refractivity (Wildman–Crippen MR) is 169 cm³/mol. The van der Waals surface area contributed by atoms with Gasteiger partial charge >= 0.3 is 0 Å². The molecule has 3 aromatic carbocycles. The van der Waals surface area contributed by atoms with Gasteiger partial charge in [-0.25, -0.2) is 4.98 Å². The molecule has 0 bridgehead atoms. The number of aromatic nitrogens is 2. The van der Waals surface area contributed by atoms with E-state index in [0.29, 0.717) is 5.91 Å². The van der Waals surface area contributed by atoms with E-state index in [9.17, 15) is 4.79 Å². The highest BCUT2D eigenvalue weighted by Crippen LogP contribution is 2.25. The van der Waals surface area contributed by atoms with Crippen molar-refractivity contribution in [2.75, 3.05) is 51.3 Å². The Hall–Kier alpha value is -3.84. The quantitative estimate of drug-likeness (QED) is 0.264. The number of amides is 1. The van der Waals surface area contributed by atoms with E-state index in [1.54, 1.807) is 7.11 Å². The van der Waals surface area contributed by atoms with Crippen LogP contribution in [0.25, 0.3) is 11.0 Å². The zero-order valence-electron chi connectivity index (χ0n) is 25.0. The summed E-state index contributed by atoms with van der Waals surface area (Å²) in [7, 11) is 1.69. The van der Waals surface area contributed by atoms with Gasteiger partial charge in [0.2, 0.25) is 5.91 Å². The molecular formula is C35H43N5O2. The summed E-state index contributed by atoms with van der Waals surface area (Å²) in [5.41, 5.74) is 6.04. The van der Waals surface area contributed by atoms with Crippen LogP contribution < -0.4 is 9.64 Å². The highest BCUT2D eigenvalue weighted by molar-refractivity contribution is 5.79. The van der Waals surface area contributed by atoms with Crippen molar-refractivity contribution >= 4 is 22.6 Å². The van der Waals surface area contributed by atoms with Crippen molar-refractivity contribution in [3.05, 3.63) is 89.7 Å². The van der Waals surface area contributed by atoms with E-state index in [-0.39, 0.29) is 5.92 Å². The van der Waals surface area contributed by atoms with Gasteiger partial charge in [0, 0.05) is 45.0 Å². The Morgan fingerprint density at radius 2 is 1.62 bits per heavy atom. The average molecular weight is 566 g/mol. The Kier molecular flexibility index (Phi) is 8.75. The molecule has 1 atom stereocenters. The van der Waals surface area contributed by atoms with E-state index in [2.05, 4.69) is 80.8 Å². The number of rotatable bonds is 9. The number of likely N-dealkylation sites (tertiary alicyclic amines) is 1. The standard InChI is InChI=1S/C35H43N5O2/c1-3-7-27-11-15-30(16-12-27)38-20-22-39(23-21-38)35(41)29-8-6-19-37(25-29)26-34-36-32-9-4-5-10-33(32)40(34)24-28-13-17-31(42-2)18-14-28/h4-5,9-18,29H,3,6-8,19-26H2,1-2H3/t29-/m1/s1. The first-order valence-corrected chi connectivity index (χ1v) is 15.5. The highest BCUT2D eigenvalue weighted by Gasteiger charge is 2.31. The summed E-state index contributed by atoms with van der Waals surface area (Å²) in [5.74, 6) is 2.29. The van der Waals surface area contributed by atoms with Gasteiger partial charge < -0.3 is 19.1 Å². The third-order valence-electron chi connectivity index (χ3n) is 8.88. The molecule has 220 valence electrons. The number of fused-ring (bicyclic) bond motifs is 1. The minimum atomic E-state index is 0.0537. The minimum Gasteiger partial charge on any atom is -0.497 e. The Labute approximate surface area is 249 Å². The van der Waals surface area contributed by atoms with Crippen LogP contribution in [0.5, 0.6) is 5.75 Å². The number of piperazine rings is 1. The van der Waals surface area contributed by atoms with Gasteiger partial charge in [0.05, 0.1) is 30.6 Å². The van der Waals surface area contributed by atoms with Crippen LogP contribution in [0.4, 0.5) is 5.69 Å². The van der Waals surface area contributed by atoms with Crippen molar-refractivity contribution in [1.82, 2.24) is 19.4 Å². The third kappa shape index (κ3) is 6.31. The molecule has 42 heavy (non-hydrogen) atoms. The van der Waals surface area contributed by atoms with E-state index in [0.717, 1.165) is 94.2 Å². The maximum Gasteiger partial charge on any atom is 0.227 e. The fourth-order valence-corrected chi connectivity index (χ4v) is 6.54. The van der Waals surface area contributed by atoms with Crippen LogP contribution >= 0.6 is 0 Å². The molecule has 1 aromatic heterocycles. The maximum atomic E-state index is 13.7. The average Bonchev–Trinajstić information content (AvgIpc) is 3.38. The second-order valence-corrected chi connectivity index (χ2v) is 11.8. The molecular weight excluding hydrogens is 522 g/mol. The molecule has 7 heteroatoms. The first-order chi connectivity index (χ1) is 20.6. The summed E-state index contributed by atoms with van der Waals surface area (Å²) < 4.78 is 7.68. The van der Waals surface area contributed by atoms with Crippen LogP contribution in [0.15, 0.2) is 72.8 Å². The van der Waals surface area contributed by atoms with E-state index in [4.69, 9.17) is 9.72 Å². The molecule has 0 saturated carbocycles. The summed E-state index contributed by atoms with van der Waals surface area (Å²) >= 11 is 0. The van der Waals surface area contributed by atoms with Crippen molar-refractivity contribution in [2.24, 2.45) is 5.92 Å². The number of anilines is 1. The monoisotopic (exact) mass is 565 g/mol. The number of imidazole rings is 1. The molecule has 3 heterocycles. The number of piperidine rings is 1. The minimum absolute atomic E-state index is 0.0537. The molecule has 2 aliphatic heterocycles. The van der Waals surface area contributed by atoms with Gasteiger partial charge in [-0.3, -0.25) is 9.69 Å². The third-order valence-corrected chi connectivity index (χ3v) is 8.88. The number of para-hydroxylation sites is 2. The second kappa shape index (κ2) is 13.0. The number of carbonyl (C=O) groups excluding carboxylic acids is 1. The number of hydrogen-bond donors (Lipinski definition) is 0. The Bertz CT molecular complexity index is 1470. The van der Waals surface area contributed by atoms with Gasteiger partial charge in [0.25, 0.3) is 0 Å². The van der Waals surface area contributed by atoms with Crippen LogP contribution in [0.1, 0.15) is 43.1 Å². The van der Waals surface area contributed by atoms with Gasteiger partial charge in [-0.05, 0) is 73.3 Å². The molecule has 4 aromatic rings. The molecule has 2 fully saturated rings. The SMILES string of the molecule is CCCc1ccc(N2CCN(C(=O)[C@@H]3CCCN(Cc4nc5ccccc5n4Cc4ccc(OC)cc4)C3)CC2)cc1. The number of benzene rings is 3. The molecule has 2 aliphatic rings. The van der Waals surface area contributed by atoms with Crippen molar-refractivity contribution in [1.29, 1.82) is 0 Å². The number of methoxy groups -OCH3 is 1. The Morgan fingerprint density at radius 3 is 2.36 bits per heavy atom. The topological polar surface area (TPSA) is 53.8 Å². The van der Waals surface area contributed by atoms with Crippen LogP contribution in [0.2, 0.25) is 0 Å². The molecule has 0 N–H and O–H groups in total. The van der Waals surface area contributed by atoms with Crippen LogP contribution in [-0.4, -0.2) is 71.6 Å². The summed E-state index contributed by atoms with van der Waals surface area (Å²) in [6, 6.07) is 25.6. The van der Waals surface area contributed by atoms with E-state index in [1.807, 2.05) is 18.2 Å². The fraction of sp³-hybridized carbons (Fsp3) is 0.429. The molecule has 0 radical (unpaired) electrons. The highest BCUT2D eigenvalue weighted by atomic mass is 16.5. The number of aryl methyl sites for hydroxylation is 1. The number of hydrogen-bond acceptors (Lipinski definition) is 5. The fourth-order valence-electron chi connectivity index (χ4n) is 6.54. The summed E-state index contributed by atoms with van der Waals surface area (Å²) in [6.45, 7) is 8.89. The molecule has 6 rings (SSSR count). The molecule has 0 aliphatic carbocycles. The maximum absolute atomic E-state index is 13.7. The molecule has 7 nitrogen and oxygen atoms in total. The zero-order valence-corrected chi connectivity index (χ0v) is 25.0. The van der Waals surface area contributed by atoms with Crippen molar-refractivity contribution in [3.63, 3.8) is 0 Å². The largest absolute Gasteiger partial charge is 0.497 e. The van der Waals surface area contributed by atoms with E-state index < -0.39 is 0 Å². The first-order valence-electron chi connectivity index (χ1n) is 15.5. The van der Waals surface area contributed by atoms with Crippen LogP contribution in [0, 0.1) is 5.92 Å². The van der Waals surface area contributed by atoms with E-state index in [1.165, 1.54) is 23.2 Å². The first kappa shape index (κ1) is 28.3. The lowest BCUT2D eigenvalue weighted by molar-refractivity contribution is -0.137. The van der Waals surface area contributed by atoms with Crippen LogP contribution in [-0.2, 0) is 24.3 Å². The van der Waals surface area contributed by atoms with Gasteiger partial charge in [0.15, 0.2) is 0 Å². The summed E-state index contributed by atoms with van der Waals surface area (Å²) in [5, 5.41) is 0. The van der Waals surface area contributed by atoms with Crippen molar-refractivity contribution in [2.45, 2.75) is 45.7 Å². The van der Waals surface area contributed by atoms with Crippen LogP contribution in [0.3, 0.4) is 0 Å². The van der Waals surface area contributed by atoms with Gasteiger partial charge in [0.1, 0.15) is 11.6 Å². The number of ether oxygens (including phenoxy) is 1. The lowest BCUT2D eigenvalue weighted by atomic mass is 9.96. The Balaban J connectivity index is 1.09. The second-order valence-electron chi connectivity index (χ2n) is 11.8. The molecule has 2 saturated heterocycles. The smallest absolute Gasteiger partial charge is 0.227 e. The van der Waals surface area contributed by atoms with E-state index >= 15 is 0 Å². The van der Waals surface area contributed by atoms with Crippen molar-refractivity contribution in [3.8, 4) is 5.75 Å². The number of nitrogens with zero attached hydrogens (tertiary/aromatic N) is 5. The normalized spacial score (nSPS) is 18.0. The summed E-state index contributed by atoms with van der Waals surface area (Å²) in [6.07, 6.45) is 4.31. The predicted octanol–water partition coefficient (Wildman–Crippen LogP) is 5.61. The molecule has 0 spiro atoms. The molecule has 1 amide bonds. The van der Waals surface area contributed by atoms with Gasteiger partial charge in [-0.1, -0.05) is 49.7 Å². The zero-order chi connectivity index (χ0) is 28.9. The number of carbonyl (C=O) groups is 1. The molecule has 0 unspecified atom stereocenters. The Morgan fingerprint density at radius 1 is 0.881 bits per heavy atom. The lowest BCUT2D eigenvalue weighted by Crippen LogP contribution is -2.52. The lowest BCUT2D eigenvalue weighted by Gasteiger charge is -2.39. The van der Waals surface area contributed by atoms with Gasteiger partial charge in [-0.15, -0.1) is 0 Å². The summed E-state index contributed by atoms with van der Waals surface area (Å²) in [4.78, 5) is 25.7.